The number of amides is 1. The van der Waals surface area contributed by atoms with E-state index in [1.165, 1.54) is 0 Å². The summed E-state index contributed by atoms with van der Waals surface area (Å²) < 4.78 is 5.39. The Bertz CT molecular complexity index is 336. The molecule has 0 aromatic heterocycles. The number of nitrogens with zero attached hydrogens (tertiary/aromatic N) is 1. The molecule has 1 spiro atoms. The second-order valence-corrected chi connectivity index (χ2v) is 5.78. The van der Waals surface area contributed by atoms with Gasteiger partial charge in [0.05, 0.1) is 0 Å². The first kappa shape index (κ1) is 14.3. The lowest BCUT2D eigenvalue weighted by atomic mass is 9.80. The molecule has 0 saturated carbocycles. The Hall–Kier alpha value is -1.10. The molecule has 2 aliphatic heterocycles. The molecule has 5 nitrogen and oxygen atoms in total. The number of hydrogen-bond donors (Lipinski definition) is 1. The van der Waals surface area contributed by atoms with Crippen molar-refractivity contribution in [1.29, 1.82) is 0 Å². The Morgan fingerprint density at radius 2 is 1.79 bits per heavy atom. The van der Waals surface area contributed by atoms with E-state index in [1.54, 1.807) is 0 Å². The van der Waals surface area contributed by atoms with Crippen LogP contribution in [0, 0.1) is 5.41 Å². The molecular weight excluding hydrogens is 246 g/mol. The van der Waals surface area contributed by atoms with Gasteiger partial charge in [0.2, 0.25) is 5.91 Å². The van der Waals surface area contributed by atoms with Gasteiger partial charge in [-0.15, -0.1) is 0 Å². The van der Waals surface area contributed by atoms with Crippen LogP contribution in [0.2, 0.25) is 0 Å². The van der Waals surface area contributed by atoms with Gasteiger partial charge in [0, 0.05) is 39.1 Å². The number of unbranched alkanes of at least 4 members (excludes halogenated alkanes) is 1. The highest BCUT2D eigenvalue weighted by Gasteiger charge is 2.40. The van der Waals surface area contributed by atoms with Crippen LogP contribution in [0.3, 0.4) is 0 Å². The monoisotopic (exact) mass is 269 g/mol. The molecule has 2 heterocycles. The van der Waals surface area contributed by atoms with Crippen molar-refractivity contribution in [3.05, 3.63) is 0 Å². The topological polar surface area (TPSA) is 66.8 Å². The zero-order valence-electron chi connectivity index (χ0n) is 11.4. The maximum Gasteiger partial charge on any atom is 0.303 e. The fourth-order valence-electron chi connectivity index (χ4n) is 3.07. The summed E-state index contributed by atoms with van der Waals surface area (Å²) in [4.78, 5) is 24.4. The van der Waals surface area contributed by atoms with Gasteiger partial charge in [-0.25, -0.2) is 0 Å². The van der Waals surface area contributed by atoms with E-state index in [4.69, 9.17) is 9.84 Å². The number of aliphatic carboxylic acids is 1. The lowest BCUT2D eigenvalue weighted by Gasteiger charge is -2.33. The third-order valence-corrected chi connectivity index (χ3v) is 4.38. The van der Waals surface area contributed by atoms with Gasteiger partial charge in [-0.2, -0.15) is 0 Å². The molecule has 0 bridgehead atoms. The molecule has 2 fully saturated rings. The van der Waals surface area contributed by atoms with Crippen LogP contribution in [-0.2, 0) is 14.3 Å². The molecule has 2 saturated heterocycles. The summed E-state index contributed by atoms with van der Waals surface area (Å²) in [6.07, 6.45) is 5.14. The highest BCUT2D eigenvalue weighted by Crippen LogP contribution is 2.39. The minimum absolute atomic E-state index is 0.161. The standard InChI is InChI=1S/C14H23NO4/c16-12(3-1-2-4-13(17)18)15-8-5-14(11-15)6-9-19-10-7-14/h1-11H2,(H,17,18). The Morgan fingerprint density at radius 1 is 1.11 bits per heavy atom. The SMILES string of the molecule is O=C(O)CCCCC(=O)N1CCC2(CCOCC2)C1. The van der Waals surface area contributed by atoms with E-state index in [0.29, 0.717) is 24.7 Å². The van der Waals surface area contributed by atoms with Crippen molar-refractivity contribution in [2.75, 3.05) is 26.3 Å². The van der Waals surface area contributed by atoms with E-state index >= 15 is 0 Å². The molecule has 0 aromatic carbocycles. The van der Waals surface area contributed by atoms with E-state index in [1.807, 2.05) is 4.90 Å². The highest BCUT2D eigenvalue weighted by molar-refractivity contribution is 5.76. The normalized spacial score (nSPS) is 21.8. The predicted molar refractivity (Wildman–Crippen MR) is 69.8 cm³/mol. The maximum atomic E-state index is 12.1. The van der Waals surface area contributed by atoms with Gasteiger partial charge in [-0.1, -0.05) is 0 Å². The summed E-state index contributed by atoms with van der Waals surface area (Å²) in [6, 6.07) is 0. The lowest BCUT2D eigenvalue weighted by molar-refractivity contribution is -0.137. The molecular formula is C14H23NO4. The summed E-state index contributed by atoms with van der Waals surface area (Å²) in [7, 11) is 0. The highest BCUT2D eigenvalue weighted by atomic mass is 16.5. The van der Waals surface area contributed by atoms with Crippen molar-refractivity contribution in [3.8, 4) is 0 Å². The van der Waals surface area contributed by atoms with Crippen LogP contribution >= 0.6 is 0 Å². The quantitative estimate of drug-likeness (QED) is 0.771. The zero-order valence-corrected chi connectivity index (χ0v) is 11.4. The molecule has 1 amide bonds. The molecule has 0 unspecified atom stereocenters. The van der Waals surface area contributed by atoms with Crippen LogP contribution in [-0.4, -0.2) is 48.2 Å². The van der Waals surface area contributed by atoms with Gasteiger partial charge in [-0.3, -0.25) is 9.59 Å². The van der Waals surface area contributed by atoms with Crippen LogP contribution in [0.4, 0.5) is 0 Å². The minimum Gasteiger partial charge on any atom is -0.481 e. The fraction of sp³-hybridized carbons (Fsp3) is 0.857. The van der Waals surface area contributed by atoms with Crippen molar-refractivity contribution in [2.45, 2.75) is 44.9 Å². The number of carbonyl (C=O) groups excluding carboxylic acids is 1. The number of ether oxygens (including phenoxy) is 1. The second-order valence-electron chi connectivity index (χ2n) is 5.78. The van der Waals surface area contributed by atoms with Crippen LogP contribution < -0.4 is 0 Å². The molecule has 0 atom stereocenters. The van der Waals surface area contributed by atoms with Crippen molar-refractivity contribution in [3.63, 3.8) is 0 Å². The predicted octanol–water partition coefficient (Wildman–Crippen LogP) is 1.66. The van der Waals surface area contributed by atoms with Crippen LogP contribution in [0.5, 0.6) is 0 Å². The van der Waals surface area contributed by atoms with E-state index in [0.717, 1.165) is 45.6 Å². The van der Waals surface area contributed by atoms with E-state index in [-0.39, 0.29) is 12.3 Å². The average Bonchev–Trinajstić information content (AvgIpc) is 2.79. The van der Waals surface area contributed by atoms with Crippen LogP contribution in [0.1, 0.15) is 44.9 Å². The van der Waals surface area contributed by atoms with Crippen molar-refractivity contribution < 1.29 is 19.4 Å². The Kier molecular flexibility index (Phi) is 4.80. The van der Waals surface area contributed by atoms with Crippen molar-refractivity contribution in [1.82, 2.24) is 4.90 Å². The summed E-state index contributed by atoms with van der Waals surface area (Å²) in [5.74, 6) is -0.594. The second kappa shape index (κ2) is 6.37. The molecule has 0 aliphatic carbocycles. The lowest BCUT2D eigenvalue weighted by Crippen LogP contribution is -2.35. The Labute approximate surface area is 113 Å². The van der Waals surface area contributed by atoms with Crippen LogP contribution in [0.25, 0.3) is 0 Å². The molecule has 5 heteroatoms. The summed E-state index contributed by atoms with van der Waals surface area (Å²) in [6.45, 7) is 3.37. The van der Waals surface area contributed by atoms with Gasteiger partial charge in [0.1, 0.15) is 0 Å². The number of carbonyl (C=O) groups is 2. The molecule has 108 valence electrons. The third kappa shape index (κ3) is 3.93. The average molecular weight is 269 g/mol. The largest absolute Gasteiger partial charge is 0.481 e. The van der Waals surface area contributed by atoms with Crippen LogP contribution in [0.15, 0.2) is 0 Å². The van der Waals surface area contributed by atoms with Gasteiger partial charge >= 0.3 is 5.97 Å². The van der Waals surface area contributed by atoms with Crippen molar-refractivity contribution in [2.24, 2.45) is 5.41 Å². The van der Waals surface area contributed by atoms with E-state index in [9.17, 15) is 9.59 Å². The molecule has 2 rings (SSSR count). The van der Waals surface area contributed by atoms with Gasteiger partial charge in [0.25, 0.3) is 0 Å². The summed E-state index contributed by atoms with van der Waals surface area (Å²) >= 11 is 0. The van der Waals surface area contributed by atoms with Crippen molar-refractivity contribution >= 4 is 11.9 Å². The number of carboxylic acids is 1. The zero-order chi connectivity index (χ0) is 13.7. The van der Waals surface area contributed by atoms with Gasteiger partial charge < -0.3 is 14.7 Å². The first-order valence-electron chi connectivity index (χ1n) is 7.19. The molecule has 19 heavy (non-hydrogen) atoms. The molecule has 0 radical (unpaired) electrons. The first-order chi connectivity index (χ1) is 9.11. The summed E-state index contributed by atoms with van der Waals surface area (Å²) in [5, 5.41) is 8.55. The fourth-order valence-corrected chi connectivity index (χ4v) is 3.07. The third-order valence-electron chi connectivity index (χ3n) is 4.38. The molecule has 0 aromatic rings. The number of likely N-dealkylation sites (tertiary alicyclic amines) is 1. The van der Waals surface area contributed by atoms with E-state index in [2.05, 4.69) is 0 Å². The maximum absolute atomic E-state index is 12.1. The van der Waals surface area contributed by atoms with Gasteiger partial charge in [0.15, 0.2) is 0 Å². The molecule has 1 N–H and O–H groups in total. The number of rotatable bonds is 5. The smallest absolute Gasteiger partial charge is 0.303 e. The molecule has 2 aliphatic rings. The number of carboxylic acid groups (broad SMARTS) is 1. The Morgan fingerprint density at radius 3 is 2.47 bits per heavy atom. The minimum atomic E-state index is -0.783. The number of hydrogen-bond acceptors (Lipinski definition) is 3. The Balaban J connectivity index is 1.71. The summed E-state index contributed by atoms with van der Waals surface area (Å²) in [5.41, 5.74) is 0.301. The van der Waals surface area contributed by atoms with E-state index < -0.39 is 5.97 Å². The van der Waals surface area contributed by atoms with Gasteiger partial charge in [-0.05, 0) is 37.5 Å². The first-order valence-corrected chi connectivity index (χ1v) is 7.19.